The monoisotopic (exact) mass is 243 g/mol. The molecule has 0 fully saturated rings. The van der Waals surface area contributed by atoms with Crippen molar-refractivity contribution in [1.82, 2.24) is 9.97 Å². The Kier molecular flexibility index (Phi) is 3.46. The van der Waals surface area contributed by atoms with Crippen molar-refractivity contribution in [3.05, 3.63) is 46.9 Å². The molecule has 0 saturated carbocycles. The van der Waals surface area contributed by atoms with E-state index in [9.17, 15) is 0 Å². The molecular weight excluding hydrogens is 226 g/mol. The summed E-state index contributed by atoms with van der Waals surface area (Å²) in [5.74, 6) is 1.95. The standard InChI is InChI=1S/C14H17N3O/c1-9-6-10(2)14(11(3)7-9)18-8-13-16-5-4-12(15)17-13/h4-7H,8H2,1-3H3,(H2,15,16,17). The van der Waals surface area contributed by atoms with E-state index in [1.807, 2.05) is 13.8 Å². The van der Waals surface area contributed by atoms with Gasteiger partial charge < -0.3 is 10.5 Å². The van der Waals surface area contributed by atoms with Gasteiger partial charge in [-0.05, 0) is 38.0 Å². The highest BCUT2D eigenvalue weighted by Gasteiger charge is 2.06. The summed E-state index contributed by atoms with van der Waals surface area (Å²) < 4.78 is 5.78. The van der Waals surface area contributed by atoms with Gasteiger partial charge in [-0.3, -0.25) is 0 Å². The molecule has 0 bridgehead atoms. The average Bonchev–Trinajstić information content (AvgIpc) is 2.27. The zero-order chi connectivity index (χ0) is 13.1. The van der Waals surface area contributed by atoms with Crippen molar-refractivity contribution >= 4 is 5.82 Å². The predicted molar refractivity (Wildman–Crippen MR) is 71.4 cm³/mol. The summed E-state index contributed by atoms with van der Waals surface area (Å²) in [5, 5.41) is 0. The van der Waals surface area contributed by atoms with Crippen molar-refractivity contribution in [2.45, 2.75) is 27.4 Å². The molecule has 2 N–H and O–H groups in total. The quantitative estimate of drug-likeness (QED) is 0.900. The molecule has 4 heteroatoms. The summed E-state index contributed by atoms with van der Waals surface area (Å²) in [6.07, 6.45) is 1.63. The third-order valence-corrected chi connectivity index (χ3v) is 2.68. The summed E-state index contributed by atoms with van der Waals surface area (Å²) in [6.45, 7) is 6.48. The molecule has 0 radical (unpaired) electrons. The van der Waals surface area contributed by atoms with Crippen LogP contribution in [0.15, 0.2) is 24.4 Å². The Morgan fingerprint density at radius 1 is 1.17 bits per heavy atom. The topological polar surface area (TPSA) is 61.0 Å². The Labute approximate surface area is 107 Å². The molecule has 2 rings (SSSR count). The number of rotatable bonds is 3. The van der Waals surface area contributed by atoms with E-state index in [0.29, 0.717) is 18.2 Å². The van der Waals surface area contributed by atoms with Crippen LogP contribution >= 0.6 is 0 Å². The lowest BCUT2D eigenvalue weighted by Gasteiger charge is -2.12. The number of aromatic nitrogens is 2. The van der Waals surface area contributed by atoms with Gasteiger partial charge in [0.05, 0.1) is 0 Å². The molecule has 0 saturated heterocycles. The summed E-state index contributed by atoms with van der Waals surface area (Å²) in [5.41, 5.74) is 9.08. The zero-order valence-corrected chi connectivity index (χ0v) is 10.9. The van der Waals surface area contributed by atoms with Crippen LogP contribution in [0.25, 0.3) is 0 Å². The first-order valence-corrected chi connectivity index (χ1v) is 5.84. The lowest BCUT2D eigenvalue weighted by Crippen LogP contribution is -2.05. The minimum atomic E-state index is 0.329. The maximum atomic E-state index is 5.78. The Morgan fingerprint density at radius 2 is 1.83 bits per heavy atom. The van der Waals surface area contributed by atoms with Gasteiger partial charge in [0.1, 0.15) is 18.2 Å². The van der Waals surface area contributed by atoms with Gasteiger partial charge in [-0.1, -0.05) is 17.7 Å². The maximum Gasteiger partial charge on any atom is 0.168 e. The number of ether oxygens (including phenoxy) is 1. The van der Waals surface area contributed by atoms with Gasteiger partial charge in [0.25, 0.3) is 0 Å². The predicted octanol–water partition coefficient (Wildman–Crippen LogP) is 2.56. The largest absolute Gasteiger partial charge is 0.485 e. The lowest BCUT2D eigenvalue weighted by molar-refractivity contribution is 0.292. The number of anilines is 1. The molecule has 0 atom stereocenters. The van der Waals surface area contributed by atoms with E-state index in [0.717, 1.165) is 16.9 Å². The van der Waals surface area contributed by atoms with Crippen LogP contribution in [0.4, 0.5) is 5.82 Å². The molecule has 0 aliphatic carbocycles. The van der Waals surface area contributed by atoms with Crippen molar-refractivity contribution < 1.29 is 4.74 Å². The number of nitrogens with two attached hydrogens (primary N) is 1. The third-order valence-electron chi connectivity index (χ3n) is 2.68. The number of hydrogen-bond donors (Lipinski definition) is 1. The van der Waals surface area contributed by atoms with Crippen LogP contribution in [0, 0.1) is 20.8 Å². The normalized spacial score (nSPS) is 10.4. The zero-order valence-electron chi connectivity index (χ0n) is 10.9. The highest BCUT2D eigenvalue weighted by molar-refractivity contribution is 5.43. The molecule has 1 aromatic heterocycles. The molecule has 0 amide bonds. The molecule has 4 nitrogen and oxygen atoms in total. The van der Waals surface area contributed by atoms with Crippen molar-refractivity contribution in [1.29, 1.82) is 0 Å². The number of nitrogen functional groups attached to an aromatic ring is 1. The number of aryl methyl sites for hydroxylation is 3. The van der Waals surface area contributed by atoms with Crippen LogP contribution < -0.4 is 10.5 Å². The van der Waals surface area contributed by atoms with E-state index in [-0.39, 0.29) is 0 Å². The Balaban J connectivity index is 2.16. The third kappa shape index (κ3) is 2.77. The molecule has 94 valence electrons. The van der Waals surface area contributed by atoms with Gasteiger partial charge >= 0.3 is 0 Å². The van der Waals surface area contributed by atoms with Crippen LogP contribution in [0.3, 0.4) is 0 Å². The molecule has 1 aromatic carbocycles. The Bertz CT molecular complexity index is 544. The van der Waals surface area contributed by atoms with Gasteiger partial charge in [0.2, 0.25) is 0 Å². The molecule has 0 spiro atoms. The van der Waals surface area contributed by atoms with Crippen LogP contribution in [0.5, 0.6) is 5.75 Å². The first-order valence-electron chi connectivity index (χ1n) is 5.84. The molecular formula is C14H17N3O. The highest BCUT2D eigenvalue weighted by atomic mass is 16.5. The summed E-state index contributed by atoms with van der Waals surface area (Å²) in [7, 11) is 0. The molecule has 2 aromatic rings. The molecule has 0 aliphatic rings. The Hall–Kier alpha value is -2.10. The van der Waals surface area contributed by atoms with Crippen LogP contribution in [0.1, 0.15) is 22.5 Å². The van der Waals surface area contributed by atoms with Gasteiger partial charge in [-0.2, -0.15) is 0 Å². The van der Waals surface area contributed by atoms with Crippen molar-refractivity contribution in [2.24, 2.45) is 0 Å². The van der Waals surface area contributed by atoms with E-state index >= 15 is 0 Å². The first-order chi connectivity index (χ1) is 8.56. The fourth-order valence-corrected chi connectivity index (χ4v) is 2.02. The van der Waals surface area contributed by atoms with Gasteiger partial charge in [-0.15, -0.1) is 0 Å². The lowest BCUT2D eigenvalue weighted by atomic mass is 10.1. The molecule has 18 heavy (non-hydrogen) atoms. The van der Waals surface area contributed by atoms with E-state index < -0.39 is 0 Å². The van der Waals surface area contributed by atoms with E-state index in [2.05, 4.69) is 29.0 Å². The molecule has 0 aliphatic heterocycles. The van der Waals surface area contributed by atoms with E-state index in [1.54, 1.807) is 12.3 Å². The second-order valence-electron chi connectivity index (χ2n) is 4.41. The highest BCUT2D eigenvalue weighted by Crippen LogP contribution is 2.25. The summed E-state index contributed by atoms with van der Waals surface area (Å²) in [6, 6.07) is 5.86. The van der Waals surface area contributed by atoms with Crippen LogP contribution in [-0.2, 0) is 6.61 Å². The van der Waals surface area contributed by atoms with Crippen LogP contribution in [0.2, 0.25) is 0 Å². The van der Waals surface area contributed by atoms with Crippen molar-refractivity contribution in [3.8, 4) is 5.75 Å². The van der Waals surface area contributed by atoms with Gasteiger partial charge in [0.15, 0.2) is 5.82 Å². The summed E-state index contributed by atoms with van der Waals surface area (Å²) >= 11 is 0. The SMILES string of the molecule is Cc1cc(C)c(OCc2nccc(N)n2)c(C)c1. The molecule has 0 unspecified atom stereocenters. The number of nitrogens with zero attached hydrogens (tertiary/aromatic N) is 2. The second-order valence-corrected chi connectivity index (χ2v) is 4.41. The van der Waals surface area contributed by atoms with Crippen LogP contribution in [-0.4, -0.2) is 9.97 Å². The maximum absolute atomic E-state index is 5.78. The van der Waals surface area contributed by atoms with E-state index in [1.165, 1.54) is 5.56 Å². The minimum Gasteiger partial charge on any atom is -0.485 e. The van der Waals surface area contributed by atoms with E-state index in [4.69, 9.17) is 10.5 Å². The smallest absolute Gasteiger partial charge is 0.168 e. The van der Waals surface area contributed by atoms with Crippen molar-refractivity contribution in [3.63, 3.8) is 0 Å². The first kappa shape index (κ1) is 12.4. The van der Waals surface area contributed by atoms with Crippen molar-refractivity contribution in [2.75, 3.05) is 5.73 Å². The minimum absolute atomic E-state index is 0.329. The number of hydrogen-bond acceptors (Lipinski definition) is 4. The second kappa shape index (κ2) is 5.04. The fourth-order valence-electron chi connectivity index (χ4n) is 2.02. The molecule has 1 heterocycles. The number of benzene rings is 1. The Morgan fingerprint density at radius 3 is 2.44 bits per heavy atom. The summed E-state index contributed by atoms with van der Waals surface area (Å²) in [4.78, 5) is 8.22. The van der Waals surface area contributed by atoms with Gasteiger partial charge in [-0.25, -0.2) is 9.97 Å². The average molecular weight is 243 g/mol. The van der Waals surface area contributed by atoms with Gasteiger partial charge in [0, 0.05) is 6.20 Å². The fraction of sp³-hybridized carbons (Fsp3) is 0.286.